The second kappa shape index (κ2) is 33.1. The van der Waals surface area contributed by atoms with Gasteiger partial charge in [0, 0.05) is 0 Å². The molecule has 0 atom stereocenters. The first-order valence-corrected chi connectivity index (χ1v) is 0.565. The Morgan fingerprint density at radius 1 is 1.11 bits per heavy atom. The van der Waals surface area contributed by atoms with Gasteiger partial charge in [0.05, 0.1) is 0 Å². The Morgan fingerprint density at radius 3 is 1.11 bits per heavy atom. The van der Waals surface area contributed by atoms with E-state index in [2.05, 4.69) is 0 Å². The summed E-state index contributed by atoms with van der Waals surface area (Å²) < 4.78 is 0. The molecule has 0 spiro atoms. The summed E-state index contributed by atoms with van der Waals surface area (Å²) in [5.74, 6) is 0. The van der Waals surface area contributed by atoms with Gasteiger partial charge < -0.3 is 21.6 Å². The standard InChI is InChI=1S/HNO3.3O.2Sm/c2-1(3)4;;;;;/h(H,2,3,4);;;;;/q;3*-2;2*+3. The molecule has 0 fully saturated rings. The van der Waals surface area contributed by atoms with Crippen LogP contribution in [0.15, 0.2) is 0 Å². The van der Waals surface area contributed by atoms with Gasteiger partial charge in [0.1, 0.15) is 0 Å². The molecule has 0 aromatic heterocycles. The van der Waals surface area contributed by atoms with Crippen LogP contribution >= 0.6 is 0 Å². The van der Waals surface area contributed by atoms with Crippen LogP contribution in [-0.4, -0.2) is 10.3 Å². The second-order valence-electron chi connectivity index (χ2n) is 0.238. The summed E-state index contributed by atoms with van der Waals surface area (Å²) in [5, 5.41) is 13.6. The van der Waals surface area contributed by atoms with Gasteiger partial charge in [0.2, 0.25) is 0 Å². The third-order valence-electron chi connectivity index (χ3n) is 0. The Bertz CT molecular complexity index is 34.0. The Balaban J connectivity index is -0.00000000450. The van der Waals surface area contributed by atoms with Gasteiger partial charge in [0.25, 0.3) is 5.09 Å². The van der Waals surface area contributed by atoms with E-state index in [1.54, 1.807) is 0 Å². The molecule has 0 aliphatic heterocycles. The zero-order valence-electron chi connectivity index (χ0n) is 3.75. The third kappa shape index (κ3) is 190. The molecule has 9 heteroatoms. The van der Waals surface area contributed by atoms with Gasteiger partial charge in [-0.1, -0.05) is 0 Å². The molecule has 2 radical (unpaired) electrons. The summed E-state index contributed by atoms with van der Waals surface area (Å²) in [7, 11) is 0. The SMILES string of the molecule is O=[N+]([O-])O.[O-2].[O-2].[O-2].[Sm+3].[Sm+3]. The summed E-state index contributed by atoms with van der Waals surface area (Å²) in [6.45, 7) is 0. The molecule has 0 amide bonds. The molecule has 0 bridgehead atoms. The molecule has 0 heterocycles. The normalized spacial score (nSPS) is 2.67. The van der Waals surface area contributed by atoms with Crippen LogP contribution in [0, 0.1) is 90.9 Å². The average molecular weight is 412 g/mol. The monoisotopic (exact) mass is 415 g/mol. The van der Waals surface area contributed by atoms with Crippen molar-refractivity contribution in [2.45, 2.75) is 0 Å². The van der Waals surface area contributed by atoms with Crippen molar-refractivity contribution in [3.05, 3.63) is 10.1 Å². The van der Waals surface area contributed by atoms with Gasteiger partial charge in [0.15, 0.2) is 0 Å². The smallest absolute Gasteiger partial charge is 2.00 e. The van der Waals surface area contributed by atoms with E-state index in [-0.39, 0.29) is 97.2 Å². The summed E-state index contributed by atoms with van der Waals surface area (Å²) in [4.78, 5) is 8.36. The molecule has 0 aliphatic carbocycles. The van der Waals surface area contributed by atoms with Crippen molar-refractivity contribution in [3.63, 3.8) is 0 Å². The summed E-state index contributed by atoms with van der Waals surface area (Å²) in [6, 6.07) is 0. The largest absolute Gasteiger partial charge is 3.00 e. The first-order valence-electron chi connectivity index (χ1n) is 0.565. The molecule has 0 saturated carbocycles. The Labute approximate surface area is 115 Å². The van der Waals surface area contributed by atoms with Crippen molar-refractivity contribution in [1.29, 1.82) is 0 Å². The van der Waals surface area contributed by atoms with E-state index >= 15 is 0 Å². The number of rotatable bonds is 0. The summed E-state index contributed by atoms with van der Waals surface area (Å²) in [6.07, 6.45) is 0. The Morgan fingerprint density at radius 2 is 1.11 bits per heavy atom. The predicted molar refractivity (Wildman–Crippen MR) is 10.8 cm³/mol. The molecule has 0 aromatic carbocycles. The van der Waals surface area contributed by atoms with Crippen molar-refractivity contribution >= 4 is 0 Å². The van der Waals surface area contributed by atoms with Gasteiger partial charge in [-0.25, -0.2) is 0 Å². The topological polar surface area (TPSA) is 149 Å². The van der Waals surface area contributed by atoms with Crippen LogP contribution in [0.3, 0.4) is 0 Å². The van der Waals surface area contributed by atoms with E-state index in [1.807, 2.05) is 0 Å². The molecular weight excluding hydrogens is 411 g/mol. The molecule has 7 nitrogen and oxygen atoms in total. The minimum Gasteiger partial charge on any atom is -2.00 e. The maximum atomic E-state index is 8.36. The van der Waals surface area contributed by atoms with E-state index in [9.17, 15) is 0 Å². The number of hydrogen-bond donors (Lipinski definition) is 1. The van der Waals surface area contributed by atoms with Crippen LogP contribution in [0.4, 0.5) is 0 Å². The fourth-order valence-corrected chi connectivity index (χ4v) is 0. The van der Waals surface area contributed by atoms with Crippen molar-refractivity contribution < 1.29 is 107 Å². The van der Waals surface area contributed by atoms with E-state index < -0.39 is 5.09 Å². The molecule has 0 unspecified atom stereocenters. The van der Waals surface area contributed by atoms with Crippen molar-refractivity contribution in [2.75, 3.05) is 0 Å². The zero-order chi connectivity index (χ0) is 3.58. The Kier molecular flexibility index (Phi) is 166. The van der Waals surface area contributed by atoms with E-state index in [0.717, 1.165) is 0 Å². The summed E-state index contributed by atoms with van der Waals surface area (Å²) >= 11 is 0. The second-order valence-corrected chi connectivity index (χ2v) is 0.238. The fraction of sp³-hybridized carbons (Fsp3) is 0. The zero-order valence-corrected chi connectivity index (χ0v) is 8.99. The minimum atomic E-state index is -1.50. The van der Waals surface area contributed by atoms with E-state index in [1.165, 1.54) is 0 Å². The van der Waals surface area contributed by atoms with Gasteiger partial charge >= 0.3 is 80.8 Å². The molecule has 0 aromatic rings. The summed E-state index contributed by atoms with van der Waals surface area (Å²) in [5.41, 5.74) is 0. The maximum absolute atomic E-state index is 8.36. The van der Waals surface area contributed by atoms with Gasteiger partial charge in [-0.2, -0.15) is 0 Å². The average Bonchev–Trinajstić information content (AvgIpc) is 0.811. The van der Waals surface area contributed by atoms with Crippen molar-refractivity contribution in [1.82, 2.24) is 0 Å². The van der Waals surface area contributed by atoms with Gasteiger partial charge in [-0.15, -0.1) is 10.1 Å². The van der Waals surface area contributed by atoms with Crippen LogP contribution in [-0.2, 0) is 16.4 Å². The fourth-order valence-electron chi connectivity index (χ4n) is 0. The van der Waals surface area contributed by atoms with Crippen LogP contribution in [0.2, 0.25) is 0 Å². The molecule has 9 heavy (non-hydrogen) atoms. The minimum absolute atomic E-state index is 0. The molecule has 0 aliphatic rings. The van der Waals surface area contributed by atoms with E-state index in [0.29, 0.717) is 0 Å². The van der Waals surface area contributed by atoms with Gasteiger partial charge in [-0.3, -0.25) is 0 Å². The third-order valence-corrected chi connectivity index (χ3v) is 0. The van der Waals surface area contributed by atoms with Crippen LogP contribution in [0.25, 0.3) is 0 Å². The predicted octanol–water partition coefficient (Wildman–Crippen LogP) is -0.704. The number of hydrogen-bond acceptors (Lipinski definition) is 2. The molecule has 0 rings (SSSR count). The molecule has 54 valence electrons. The van der Waals surface area contributed by atoms with Crippen LogP contribution in [0.1, 0.15) is 0 Å². The van der Waals surface area contributed by atoms with Crippen LogP contribution in [0.5, 0.6) is 0 Å². The number of nitrogens with zero attached hydrogens (tertiary/aromatic N) is 1. The molecular formula is HNO6Sm2. The molecule has 0 saturated heterocycles. The first-order chi connectivity index (χ1) is 1.73. The maximum Gasteiger partial charge on any atom is 3.00 e. The quantitative estimate of drug-likeness (QED) is 0.414. The first kappa shape index (κ1) is 45.3. The Hall–Kier alpha value is 1.76. The van der Waals surface area contributed by atoms with Crippen molar-refractivity contribution in [3.8, 4) is 0 Å². The van der Waals surface area contributed by atoms with Crippen LogP contribution < -0.4 is 0 Å². The van der Waals surface area contributed by atoms with E-state index in [4.69, 9.17) is 15.3 Å². The van der Waals surface area contributed by atoms with Gasteiger partial charge in [-0.05, 0) is 0 Å². The van der Waals surface area contributed by atoms with Crippen molar-refractivity contribution in [2.24, 2.45) is 0 Å². The molecule has 1 N–H and O–H groups in total.